The maximum atomic E-state index is 13.7. The standard InChI is InChI=1S/C29H32Cl2N2O4/c1-4-20(2)32-29(35)26(16-21-9-6-5-7-10-21)33(18-22-11-8-12-24(15-22)36-3)28(34)19-37-27-14-13-23(30)17-25(27)31/h5-15,17,20,26H,4,16,18-19H2,1-3H3,(H,32,35)/t20-,26+/m1/s1. The molecule has 3 rings (SSSR count). The summed E-state index contributed by atoms with van der Waals surface area (Å²) in [7, 11) is 1.59. The Labute approximate surface area is 228 Å². The van der Waals surface area contributed by atoms with Crippen LogP contribution >= 0.6 is 23.2 Å². The number of rotatable bonds is 12. The van der Waals surface area contributed by atoms with Gasteiger partial charge in [-0.05, 0) is 54.8 Å². The van der Waals surface area contributed by atoms with E-state index in [0.717, 1.165) is 17.5 Å². The van der Waals surface area contributed by atoms with Gasteiger partial charge in [0.15, 0.2) is 6.61 Å². The molecule has 0 aliphatic heterocycles. The fourth-order valence-electron chi connectivity index (χ4n) is 3.78. The first kappa shape index (κ1) is 28.4. The number of nitrogens with one attached hydrogen (secondary N) is 1. The van der Waals surface area contributed by atoms with Crippen molar-refractivity contribution in [3.8, 4) is 11.5 Å². The van der Waals surface area contributed by atoms with Crippen molar-refractivity contribution in [3.05, 3.63) is 94.0 Å². The molecular weight excluding hydrogens is 511 g/mol. The van der Waals surface area contributed by atoms with Crippen LogP contribution in [0.4, 0.5) is 0 Å². The maximum Gasteiger partial charge on any atom is 0.261 e. The molecule has 0 saturated heterocycles. The Kier molecular flexibility index (Phi) is 10.7. The summed E-state index contributed by atoms with van der Waals surface area (Å²) in [4.78, 5) is 28.8. The minimum Gasteiger partial charge on any atom is -0.497 e. The molecular formula is C29H32Cl2N2O4. The van der Waals surface area contributed by atoms with Crippen molar-refractivity contribution in [1.29, 1.82) is 0 Å². The van der Waals surface area contributed by atoms with E-state index < -0.39 is 6.04 Å². The summed E-state index contributed by atoms with van der Waals surface area (Å²) in [6, 6.07) is 21.1. The Hall–Kier alpha value is -3.22. The summed E-state index contributed by atoms with van der Waals surface area (Å²) in [5.74, 6) is 0.426. The van der Waals surface area contributed by atoms with Crippen LogP contribution in [-0.4, -0.2) is 42.5 Å². The van der Waals surface area contributed by atoms with Gasteiger partial charge in [0.2, 0.25) is 5.91 Å². The number of nitrogens with zero attached hydrogens (tertiary/aromatic N) is 1. The predicted molar refractivity (Wildman–Crippen MR) is 147 cm³/mol. The topological polar surface area (TPSA) is 67.9 Å². The van der Waals surface area contributed by atoms with E-state index in [4.69, 9.17) is 32.7 Å². The molecule has 3 aromatic carbocycles. The Morgan fingerprint density at radius 1 is 0.973 bits per heavy atom. The van der Waals surface area contributed by atoms with Crippen molar-refractivity contribution in [1.82, 2.24) is 10.2 Å². The van der Waals surface area contributed by atoms with Gasteiger partial charge >= 0.3 is 0 Å². The van der Waals surface area contributed by atoms with Crippen LogP contribution in [0.5, 0.6) is 11.5 Å². The van der Waals surface area contributed by atoms with Crippen LogP contribution in [0, 0.1) is 0 Å². The molecule has 37 heavy (non-hydrogen) atoms. The number of halogens is 2. The normalized spacial score (nSPS) is 12.4. The van der Waals surface area contributed by atoms with Crippen LogP contribution in [0.25, 0.3) is 0 Å². The number of ether oxygens (including phenoxy) is 2. The average Bonchev–Trinajstić information content (AvgIpc) is 2.90. The average molecular weight is 543 g/mol. The van der Waals surface area contributed by atoms with Gasteiger partial charge < -0.3 is 19.7 Å². The highest BCUT2D eigenvalue weighted by Gasteiger charge is 2.31. The lowest BCUT2D eigenvalue weighted by molar-refractivity contribution is -0.143. The highest BCUT2D eigenvalue weighted by atomic mass is 35.5. The van der Waals surface area contributed by atoms with Crippen LogP contribution in [0.3, 0.4) is 0 Å². The zero-order valence-corrected chi connectivity index (χ0v) is 22.8. The minimum absolute atomic E-state index is 0.0383. The summed E-state index contributed by atoms with van der Waals surface area (Å²) in [6.07, 6.45) is 1.12. The van der Waals surface area contributed by atoms with Gasteiger partial charge in [-0.1, -0.05) is 72.6 Å². The highest BCUT2D eigenvalue weighted by molar-refractivity contribution is 6.35. The third-order valence-electron chi connectivity index (χ3n) is 6.00. The molecule has 0 unspecified atom stereocenters. The largest absolute Gasteiger partial charge is 0.497 e. The molecule has 0 aliphatic carbocycles. The van der Waals surface area contributed by atoms with E-state index in [-0.39, 0.29) is 31.0 Å². The van der Waals surface area contributed by atoms with E-state index in [1.807, 2.05) is 68.4 Å². The Bertz CT molecular complexity index is 1190. The summed E-state index contributed by atoms with van der Waals surface area (Å²) < 4.78 is 11.1. The lowest BCUT2D eigenvalue weighted by Crippen LogP contribution is -2.53. The molecule has 0 aromatic heterocycles. The molecule has 0 fully saturated rings. The number of methoxy groups -OCH3 is 1. The quantitative estimate of drug-likeness (QED) is 0.307. The van der Waals surface area contributed by atoms with Gasteiger partial charge in [-0.3, -0.25) is 9.59 Å². The molecule has 0 radical (unpaired) electrons. The third-order valence-corrected chi connectivity index (χ3v) is 6.53. The number of carbonyl (C=O) groups excluding carboxylic acids is 2. The first-order chi connectivity index (χ1) is 17.8. The summed E-state index contributed by atoms with van der Waals surface area (Å²) in [5.41, 5.74) is 1.77. The second-order valence-corrected chi connectivity index (χ2v) is 9.60. The lowest BCUT2D eigenvalue weighted by atomic mass is 10.0. The Morgan fingerprint density at radius 3 is 2.38 bits per heavy atom. The SMILES string of the molecule is CC[C@@H](C)NC(=O)[C@H](Cc1ccccc1)N(Cc1cccc(OC)c1)C(=O)COc1ccc(Cl)cc1Cl. The first-order valence-corrected chi connectivity index (χ1v) is 12.9. The number of benzene rings is 3. The maximum absolute atomic E-state index is 13.7. The van der Waals surface area contributed by atoms with Crippen molar-refractivity contribution < 1.29 is 19.1 Å². The van der Waals surface area contributed by atoms with Gasteiger partial charge in [0.05, 0.1) is 12.1 Å². The molecule has 8 heteroatoms. The van der Waals surface area contributed by atoms with Gasteiger partial charge in [-0.15, -0.1) is 0 Å². The summed E-state index contributed by atoms with van der Waals surface area (Å²) >= 11 is 12.2. The molecule has 3 aromatic rings. The van der Waals surface area contributed by atoms with Gasteiger partial charge in [0.1, 0.15) is 17.5 Å². The van der Waals surface area contributed by atoms with Gasteiger partial charge in [0, 0.05) is 24.0 Å². The number of carbonyl (C=O) groups is 2. The van der Waals surface area contributed by atoms with Crippen LogP contribution in [0.15, 0.2) is 72.8 Å². The summed E-state index contributed by atoms with van der Waals surface area (Å²) in [5, 5.41) is 3.82. The second-order valence-electron chi connectivity index (χ2n) is 8.76. The van der Waals surface area contributed by atoms with Crippen molar-refractivity contribution in [2.75, 3.05) is 13.7 Å². The number of hydrogen-bond acceptors (Lipinski definition) is 4. The smallest absolute Gasteiger partial charge is 0.261 e. The molecule has 0 aliphatic rings. The van der Waals surface area contributed by atoms with Crippen molar-refractivity contribution in [2.45, 2.75) is 45.3 Å². The van der Waals surface area contributed by atoms with Gasteiger partial charge in [-0.2, -0.15) is 0 Å². The molecule has 0 heterocycles. The van der Waals surface area contributed by atoms with Crippen LogP contribution in [-0.2, 0) is 22.6 Å². The monoisotopic (exact) mass is 542 g/mol. The van der Waals surface area contributed by atoms with Crippen molar-refractivity contribution >= 4 is 35.0 Å². The molecule has 1 N–H and O–H groups in total. The predicted octanol–water partition coefficient (Wildman–Crippen LogP) is 5.94. The summed E-state index contributed by atoms with van der Waals surface area (Å²) in [6.45, 7) is 3.84. The van der Waals surface area contributed by atoms with Crippen molar-refractivity contribution in [2.24, 2.45) is 0 Å². The molecule has 2 atom stereocenters. The zero-order valence-electron chi connectivity index (χ0n) is 21.2. The third kappa shape index (κ3) is 8.41. The fraction of sp³-hybridized carbons (Fsp3) is 0.310. The first-order valence-electron chi connectivity index (χ1n) is 12.1. The fourth-order valence-corrected chi connectivity index (χ4v) is 4.24. The van der Waals surface area contributed by atoms with Crippen LogP contribution < -0.4 is 14.8 Å². The van der Waals surface area contributed by atoms with Crippen LogP contribution in [0.1, 0.15) is 31.4 Å². The van der Waals surface area contributed by atoms with E-state index >= 15 is 0 Å². The van der Waals surface area contributed by atoms with Gasteiger partial charge in [0.25, 0.3) is 5.91 Å². The van der Waals surface area contributed by atoms with Crippen LogP contribution in [0.2, 0.25) is 10.0 Å². The number of amides is 2. The van der Waals surface area contributed by atoms with E-state index in [9.17, 15) is 9.59 Å². The van der Waals surface area contributed by atoms with E-state index in [0.29, 0.717) is 28.0 Å². The van der Waals surface area contributed by atoms with E-state index in [1.54, 1.807) is 30.2 Å². The van der Waals surface area contributed by atoms with Gasteiger partial charge in [-0.25, -0.2) is 0 Å². The second kappa shape index (κ2) is 13.9. The molecule has 0 bridgehead atoms. The van der Waals surface area contributed by atoms with E-state index in [1.165, 1.54) is 0 Å². The molecule has 2 amide bonds. The molecule has 6 nitrogen and oxygen atoms in total. The number of hydrogen-bond donors (Lipinski definition) is 1. The molecule has 196 valence electrons. The Balaban J connectivity index is 1.94. The molecule has 0 saturated carbocycles. The van der Waals surface area contributed by atoms with E-state index in [2.05, 4.69) is 5.32 Å². The zero-order chi connectivity index (χ0) is 26.8. The van der Waals surface area contributed by atoms with Crippen molar-refractivity contribution in [3.63, 3.8) is 0 Å². The minimum atomic E-state index is -0.764. The Morgan fingerprint density at radius 2 is 1.70 bits per heavy atom. The molecule has 0 spiro atoms. The lowest BCUT2D eigenvalue weighted by Gasteiger charge is -2.32. The highest BCUT2D eigenvalue weighted by Crippen LogP contribution is 2.28.